The molecule has 0 aliphatic carbocycles. The molecule has 2 heterocycles. The molecule has 0 unspecified atom stereocenters. The van der Waals surface area contributed by atoms with Gasteiger partial charge < -0.3 is 33.0 Å². The highest BCUT2D eigenvalue weighted by Crippen LogP contribution is 2.39. The van der Waals surface area contributed by atoms with Crippen molar-refractivity contribution in [1.29, 1.82) is 0 Å². The van der Waals surface area contributed by atoms with Gasteiger partial charge in [0.2, 0.25) is 0 Å². The van der Waals surface area contributed by atoms with Crippen LogP contribution in [0.5, 0.6) is 0 Å². The fourth-order valence-electron chi connectivity index (χ4n) is 8.12. The van der Waals surface area contributed by atoms with E-state index in [1.807, 2.05) is 84.9 Å². The highest BCUT2D eigenvalue weighted by molar-refractivity contribution is 5.88. The van der Waals surface area contributed by atoms with Crippen molar-refractivity contribution >= 4 is 22.9 Å². The van der Waals surface area contributed by atoms with E-state index in [0.29, 0.717) is 32.8 Å². The number of aromatic nitrogens is 1. The number of rotatable bonds is 18. The third-order valence-electron chi connectivity index (χ3n) is 11.3. The zero-order valence-corrected chi connectivity index (χ0v) is 35.3. The molecule has 7 aromatic rings. The zero-order valence-electron chi connectivity index (χ0n) is 35.3. The molecule has 5 atom stereocenters. The third-order valence-corrected chi connectivity index (χ3v) is 11.3. The standard InChI is InChI=1S/C54H53NO7/c1-39-16-15-25-47-50(39)46(32-41-28-26-40(27-29-41)30-31-49(56)57-2)33-55(47)54-53(61-37-45-23-13-6-14-24-45)52(60-36-44-21-11-5-12-22-44)51(59-35-43-19-9-4-10-20-43)48(62-54)38-58-34-42-17-7-3-8-18-42/h3-31,33,48,51-54H,32,34-38H2,1-2H3/b31-30+/t48-,51-,52+,53-,54-/m1/s1. The van der Waals surface area contributed by atoms with Crippen LogP contribution in [0.4, 0.5) is 0 Å². The number of benzene rings is 6. The van der Waals surface area contributed by atoms with Crippen molar-refractivity contribution in [3.05, 3.63) is 221 Å². The largest absolute Gasteiger partial charge is 0.466 e. The summed E-state index contributed by atoms with van der Waals surface area (Å²) in [4.78, 5) is 11.7. The second-order valence-corrected chi connectivity index (χ2v) is 15.7. The maximum absolute atomic E-state index is 11.7. The quantitative estimate of drug-likeness (QED) is 0.0630. The van der Waals surface area contributed by atoms with E-state index < -0.39 is 30.6 Å². The minimum Gasteiger partial charge on any atom is -0.466 e. The summed E-state index contributed by atoms with van der Waals surface area (Å²) in [6.45, 7) is 3.91. The number of carbonyl (C=O) groups is 1. The van der Waals surface area contributed by atoms with Crippen molar-refractivity contribution < 1.29 is 33.2 Å². The highest BCUT2D eigenvalue weighted by Gasteiger charge is 2.49. The molecule has 316 valence electrons. The first-order chi connectivity index (χ1) is 30.5. The van der Waals surface area contributed by atoms with Gasteiger partial charge >= 0.3 is 5.97 Å². The summed E-state index contributed by atoms with van der Waals surface area (Å²) < 4.78 is 41.9. The number of hydrogen-bond donors (Lipinski definition) is 0. The van der Waals surface area contributed by atoms with E-state index in [1.54, 1.807) is 6.08 Å². The summed E-state index contributed by atoms with van der Waals surface area (Å²) in [6.07, 6.45) is 3.21. The minimum atomic E-state index is -0.620. The van der Waals surface area contributed by atoms with E-state index >= 15 is 0 Å². The van der Waals surface area contributed by atoms with Crippen molar-refractivity contribution in [3.8, 4) is 0 Å². The molecule has 8 rings (SSSR count). The van der Waals surface area contributed by atoms with Gasteiger partial charge in [-0.3, -0.25) is 0 Å². The lowest BCUT2D eigenvalue weighted by atomic mass is 9.96. The number of aryl methyl sites for hydroxylation is 1. The molecule has 1 fully saturated rings. The molecular weight excluding hydrogens is 775 g/mol. The van der Waals surface area contributed by atoms with E-state index in [2.05, 4.69) is 96.6 Å². The first-order valence-electron chi connectivity index (χ1n) is 21.2. The van der Waals surface area contributed by atoms with Crippen molar-refractivity contribution in [2.45, 2.75) is 70.4 Å². The number of nitrogens with zero attached hydrogens (tertiary/aromatic N) is 1. The van der Waals surface area contributed by atoms with Crippen LogP contribution in [0.2, 0.25) is 0 Å². The first-order valence-corrected chi connectivity index (χ1v) is 21.2. The Bertz CT molecular complexity index is 2490. The van der Waals surface area contributed by atoms with E-state index in [-0.39, 0.29) is 12.6 Å². The molecule has 0 amide bonds. The number of methoxy groups -OCH3 is 1. The molecule has 0 bridgehead atoms. The molecule has 1 aliphatic heterocycles. The third kappa shape index (κ3) is 10.8. The Morgan fingerprint density at radius 1 is 0.597 bits per heavy atom. The average molecular weight is 828 g/mol. The maximum Gasteiger partial charge on any atom is 0.330 e. The van der Waals surface area contributed by atoms with Crippen LogP contribution in [0.1, 0.15) is 50.7 Å². The molecule has 8 heteroatoms. The van der Waals surface area contributed by atoms with Gasteiger partial charge in [-0.15, -0.1) is 0 Å². The Kier molecular flexibility index (Phi) is 14.5. The van der Waals surface area contributed by atoms with Gasteiger partial charge in [-0.25, -0.2) is 4.79 Å². The molecule has 0 spiro atoms. The Labute approximate surface area is 364 Å². The van der Waals surface area contributed by atoms with Gasteiger partial charge in [-0.05, 0) is 70.0 Å². The second kappa shape index (κ2) is 21.1. The minimum absolute atomic E-state index is 0.267. The summed E-state index contributed by atoms with van der Waals surface area (Å²) in [5.74, 6) is -0.389. The normalized spacial score (nSPS) is 18.9. The lowest BCUT2D eigenvalue weighted by Crippen LogP contribution is -2.59. The molecule has 62 heavy (non-hydrogen) atoms. The van der Waals surface area contributed by atoms with Gasteiger partial charge in [-0.1, -0.05) is 158 Å². The van der Waals surface area contributed by atoms with Crippen LogP contribution in [-0.2, 0) is 66.1 Å². The first kappa shape index (κ1) is 42.6. The van der Waals surface area contributed by atoms with Crippen molar-refractivity contribution in [1.82, 2.24) is 4.57 Å². The molecule has 1 saturated heterocycles. The van der Waals surface area contributed by atoms with Crippen molar-refractivity contribution in [2.75, 3.05) is 13.7 Å². The number of carbonyl (C=O) groups excluding carboxylic acids is 1. The van der Waals surface area contributed by atoms with Crippen LogP contribution in [0.3, 0.4) is 0 Å². The average Bonchev–Trinajstić information content (AvgIpc) is 3.69. The predicted octanol–water partition coefficient (Wildman–Crippen LogP) is 10.6. The topological polar surface area (TPSA) is 77.4 Å². The van der Waals surface area contributed by atoms with E-state index in [1.165, 1.54) is 13.2 Å². The van der Waals surface area contributed by atoms with Crippen LogP contribution in [0, 0.1) is 6.92 Å². The van der Waals surface area contributed by atoms with Crippen LogP contribution in [0.25, 0.3) is 17.0 Å². The van der Waals surface area contributed by atoms with Crippen LogP contribution >= 0.6 is 0 Å². The van der Waals surface area contributed by atoms with Gasteiger partial charge in [0, 0.05) is 17.7 Å². The van der Waals surface area contributed by atoms with Crippen molar-refractivity contribution in [3.63, 3.8) is 0 Å². The Morgan fingerprint density at radius 2 is 1.13 bits per heavy atom. The summed E-state index contributed by atoms with van der Waals surface area (Å²) >= 11 is 0. The van der Waals surface area contributed by atoms with E-state index in [0.717, 1.165) is 55.4 Å². The molecule has 8 nitrogen and oxygen atoms in total. The maximum atomic E-state index is 11.7. The lowest BCUT2D eigenvalue weighted by molar-refractivity contribution is -0.289. The second-order valence-electron chi connectivity index (χ2n) is 15.7. The summed E-state index contributed by atoms with van der Waals surface area (Å²) in [5.41, 5.74) is 9.61. The van der Waals surface area contributed by atoms with Crippen LogP contribution in [-0.4, -0.2) is 48.7 Å². The molecule has 6 aromatic carbocycles. The number of ether oxygens (including phenoxy) is 6. The summed E-state index contributed by atoms with van der Waals surface area (Å²) in [5, 5.41) is 1.16. The van der Waals surface area contributed by atoms with Crippen LogP contribution in [0.15, 0.2) is 176 Å². The van der Waals surface area contributed by atoms with Gasteiger partial charge in [0.05, 0.1) is 45.7 Å². The van der Waals surface area contributed by atoms with E-state index in [4.69, 9.17) is 28.4 Å². The fraction of sp³-hybridized carbons (Fsp3) is 0.241. The molecule has 1 aromatic heterocycles. The molecular formula is C54H53NO7. The molecule has 0 radical (unpaired) electrons. The lowest BCUT2D eigenvalue weighted by Gasteiger charge is -2.46. The van der Waals surface area contributed by atoms with E-state index in [9.17, 15) is 4.79 Å². The SMILES string of the molecule is COC(=O)/C=C/c1ccc(Cc2cn([C@@H]3O[C@H](COCc4ccccc4)[C@@H](OCc4ccccc4)[C@H](OCc4ccccc4)[C@H]3OCc3ccccc3)c3cccc(C)c23)cc1. The van der Waals surface area contributed by atoms with Crippen molar-refractivity contribution in [2.24, 2.45) is 0 Å². The Morgan fingerprint density at radius 3 is 1.69 bits per heavy atom. The van der Waals surface area contributed by atoms with Gasteiger partial charge in [-0.2, -0.15) is 0 Å². The van der Waals surface area contributed by atoms with Gasteiger partial charge in [0.1, 0.15) is 24.4 Å². The number of fused-ring (bicyclic) bond motifs is 1. The van der Waals surface area contributed by atoms with Crippen LogP contribution < -0.4 is 0 Å². The Balaban J connectivity index is 1.19. The van der Waals surface area contributed by atoms with Gasteiger partial charge in [0.25, 0.3) is 0 Å². The molecule has 0 N–H and O–H groups in total. The molecule has 1 aliphatic rings. The predicted molar refractivity (Wildman–Crippen MR) is 242 cm³/mol. The van der Waals surface area contributed by atoms with Gasteiger partial charge in [0.15, 0.2) is 6.23 Å². The zero-order chi connectivity index (χ0) is 42.5. The fourth-order valence-corrected chi connectivity index (χ4v) is 8.12. The monoisotopic (exact) mass is 827 g/mol. The summed E-state index contributed by atoms with van der Waals surface area (Å²) in [6, 6.07) is 55.4. The molecule has 0 saturated carbocycles. The smallest absolute Gasteiger partial charge is 0.330 e. The number of esters is 1. The highest BCUT2D eigenvalue weighted by atomic mass is 16.6. The summed E-state index contributed by atoms with van der Waals surface area (Å²) in [7, 11) is 1.38. The number of hydrogen-bond acceptors (Lipinski definition) is 7. The Hall–Kier alpha value is -6.13.